The fourth-order valence-corrected chi connectivity index (χ4v) is 1.42. The Bertz CT molecular complexity index is 347. The van der Waals surface area contributed by atoms with Gasteiger partial charge in [0.25, 0.3) is 0 Å². The molecule has 3 heteroatoms. The van der Waals surface area contributed by atoms with Crippen LogP contribution in [0.5, 0.6) is 0 Å². The highest BCUT2D eigenvalue weighted by Crippen LogP contribution is 2.17. The van der Waals surface area contributed by atoms with Crippen LogP contribution in [0.4, 0.5) is 5.69 Å². The molecule has 0 bridgehead atoms. The Hall–Kier alpha value is -1.51. The summed E-state index contributed by atoms with van der Waals surface area (Å²) in [5, 5.41) is 12.1. The lowest BCUT2D eigenvalue weighted by atomic mass is 10.0. The van der Waals surface area contributed by atoms with Crippen LogP contribution in [0.3, 0.4) is 0 Å². The van der Waals surface area contributed by atoms with Crippen molar-refractivity contribution < 1.29 is 9.90 Å². The number of hydrogen-bond donors (Lipinski definition) is 2. The van der Waals surface area contributed by atoms with Crippen molar-refractivity contribution >= 4 is 11.7 Å². The number of carboxylic acid groups (broad SMARTS) is 1. The summed E-state index contributed by atoms with van der Waals surface area (Å²) in [6, 6.07) is 7.15. The van der Waals surface area contributed by atoms with E-state index in [0.717, 1.165) is 11.3 Å². The largest absolute Gasteiger partial charge is 0.480 e. The lowest BCUT2D eigenvalue weighted by Crippen LogP contribution is -2.34. The molecule has 0 amide bonds. The third-order valence-electron chi connectivity index (χ3n) is 2.39. The van der Waals surface area contributed by atoms with Gasteiger partial charge in [0.15, 0.2) is 0 Å². The molecule has 0 saturated carbocycles. The number of aryl methyl sites for hydroxylation is 1. The number of aliphatic carboxylic acids is 1. The third kappa shape index (κ3) is 2.98. The second kappa shape index (κ2) is 4.82. The first-order valence-corrected chi connectivity index (χ1v) is 5.07. The monoisotopic (exact) mass is 207 g/mol. The van der Waals surface area contributed by atoms with Gasteiger partial charge >= 0.3 is 5.97 Å². The number of para-hydroxylation sites is 1. The maximum Gasteiger partial charge on any atom is 0.326 e. The van der Waals surface area contributed by atoms with E-state index in [4.69, 9.17) is 5.11 Å². The Morgan fingerprint density at radius 1 is 1.33 bits per heavy atom. The lowest BCUT2D eigenvalue weighted by molar-refractivity contribution is -0.138. The first-order valence-electron chi connectivity index (χ1n) is 5.07. The highest BCUT2D eigenvalue weighted by molar-refractivity contribution is 5.78. The minimum atomic E-state index is -0.812. The van der Waals surface area contributed by atoms with Crippen LogP contribution < -0.4 is 5.32 Å². The average Bonchev–Trinajstić information content (AvgIpc) is 2.15. The highest BCUT2D eigenvalue weighted by atomic mass is 16.4. The normalized spacial score (nSPS) is 12.5. The van der Waals surface area contributed by atoms with E-state index >= 15 is 0 Å². The molecule has 1 aromatic rings. The SMILES string of the molecule is Cc1ccccc1NC(C(=O)O)C(C)C. The van der Waals surface area contributed by atoms with Crippen molar-refractivity contribution in [2.24, 2.45) is 5.92 Å². The molecule has 1 atom stereocenters. The summed E-state index contributed by atoms with van der Waals surface area (Å²) in [6.45, 7) is 5.75. The second-order valence-corrected chi connectivity index (χ2v) is 4.02. The van der Waals surface area contributed by atoms with E-state index in [1.54, 1.807) is 0 Å². The predicted molar refractivity (Wildman–Crippen MR) is 61.1 cm³/mol. The van der Waals surface area contributed by atoms with Crippen molar-refractivity contribution in [1.29, 1.82) is 0 Å². The van der Waals surface area contributed by atoms with Gasteiger partial charge in [-0.1, -0.05) is 32.0 Å². The van der Waals surface area contributed by atoms with Crippen molar-refractivity contribution in [3.05, 3.63) is 29.8 Å². The quantitative estimate of drug-likeness (QED) is 0.797. The van der Waals surface area contributed by atoms with Gasteiger partial charge in [0, 0.05) is 5.69 Å². The minimum Gasteiger partial charge on any atom is -0.480 e. The molecule has 0 spiro atoms. The fraction of sp³-hybridized carbons (Fsp3) is 0.417. The van der Waals surface area contributed by atoms with Gasteiger partial charge in [0.05, 0.1) is 0 Å². The number of benzene rings is 1. The molecule has 0 aliphatic heterocycles. The van der Waals surface area contributed by atoms with Gasteiger partial charge in [0.1, 0.15) is 6.04 Å². The van der Waals surface area contributed by atoms with Crippen LogP contribution in [0, 0.1) is 12.8 Å². The van der Waals surface area contributed by atoms with Gasteiger partial charge < -0.3 is 10.4 Å². The molecule has 1 aromatic carbocycles. The smallest absolute Gasteiger partial charge is 0.326 e. The number of nitrogens with one attached hydrogen (secondary N) is 1. The van der Waals surface area contributed by atoms with Gasteiger partial charge in [0.2, 0.25) is 0 Å². The molecular weight excluding hydrogens is 190 g/mol. The summed E-state index contributed by atoms with van der Waals surface area (Å²) in [4.78, 5) is 11.0. The molecule has 0 heterocycles. The summed E-state index contributed by atoms with van der Waals surface area (Å²) in [5.74, 6) is -0.754. The Balaban J connectivity index is 2.84. The summed E-state index contributed by atoms with van der Waals surface area (Å²) in [7, 11) is 0. The second-order valence-electron chi connectivity index (χ2n) is 4.02. The van der Waals surface area contributed by atoms with Gasteiger partial charge in [-0.05, 0) is 24.5 Å². The summed E-state index contributed by atoms with van der Waals surface area (Å²) in [6.07, 6.45) is 0. The topological polar surface area (TPSA) is 49.3 Å². The van der Waals surface area contributed by atoms with Crippen LogP contribution >= 0.6 is 0 Å². The molecule has 1 unspecified atom stereocenters. The van der Waals surface area contributed by atoms with Crippen LogP contribution in [0.15, 0.2) is 24.3 Å². The molecule has 82 valence electrons. The lowest BCUT2D eigenvalue weighted by Gasteiger charge is -2.20. The van der Waals surface area contributed by atoms with Crippen LogP contribution in [-0.2, 0) is 4.79 Å². The maximum atomic E-state index is 11.0. The summed E-state index contributed by atoms with van der Waals surface area (Å²) < 4.78 is 0. The standard InChI is InChI=1S/C12H17NO2/c1-8(2)11(12(14)15)13-10-7-5-4-6-9(10)3/h4-8,11,13H,1-3H3,(H,14,15). The van der Waals surface area contributed by atoms with Gasteiger partial charge in [-0.15, -0.1) is 0 Å². The Kier molecular flexibility index (Phi) is 3.72. The van der Waals surface area contributed by atoms with E-state index in [0.29, 0.717) is 0 Å². The van der Waals surface area contributed by atoms with E-state index in [1.807, 2.05) is 45.0 Å². The number of carboxylic acids is 1. The zero-order chi connectivity index (χ0) is 11.4. The van der Waals surface area contributed by atoms with E-state index < -0.39 is 12.0 Å². The predicted octanol–water partition coefficient (Wildman–Crippen LogP) is 2.52. The number of rotatable bonds is 4. The number of carbonyl (C=O) groups is 1. The molecule has 0 fully saturated rings. The Morgan fingerprint density at radius 3 is 2.40 bits per heavy atom. The van der Waals surface area contributed by atoms with Crippen LogP contribution in [-0.4, -0.2) is 17.1 Å². The Morgan fingerprint density at radius 2 is 1.93 bits per heavy atom. The molecular formula is C12H17NO2. The molecule has 15 heavy (non-hydrogen) atoms. The van der Waals surface area contributed by atoms with Crippen molar-refractivity contribution in [3.8, 4) is 0 Å². The molecule has 2 N–H and O–H groups in total. The molecule has 0 aliphatic rings. The molecule has 0 radical (unpaired) electrons. The number of anilines is 1. The average molecular weight is 207 g/mol. The van der Waals surface area contributed by atoms with Crippen LogP contribution in [0.25, 0.3) is 0 Å². The minimum absolute atomic E-state index is 0.0575. The first kappa shape index (κ1) is 11.6. The highest BCUT2D eigenvalue weighted by Gasteiger charge is 2.21. The number of hydrogen-bond acceptors (Lipinski definition) is 2. The van der Waals surface area contributed by atoms with Crippen LogP contribution in [0.1, 0.15) is 19.4 Å². The van der Waals surface area contributed by atoms with Crippen LogP contribution in [0.2, 0.25) is 0 Å². The zero-order valence-corrected chi connectivity index (χ0v) is 9.32. The van der Waals surface area contributed by atoms with Crippen molar-refractivity contribution in [3.63, 3.8) is 0 Å². The Labute approximate surface area is 90.1 Å². The van der Waals surface area contributed by atoms with E-state index in [2.05, 4.69) is 5.32 Å². The van der Waals surface area contributed by atoms with Gasteiger partial charge in [-0.3, -0.25) is 0 Å². The molecule has 0 aromatic heterocycles. The zero-order valence-electron chi connectivity index (χ0n) is 9.32. The molecule has 0 aliphatic carbocycles. The van der Waals surface area contributed by atoms with Crippen molar-refractivity contribution in [1.82, 2.24) is 0 Å². The molecule has 3 nitrogen and oxygen atoms in total. The van der Waals surface area contributed by atoms with E-state index in [9.17, 15) is 4.79 Å². The fourth-order valence-electron chi connectivity index (χ4n) is 1.42. The first-order chi connectivity index (χ1) is 7.02. The van der Waals surface area contributed by atoms with Gasteiger partial charge in [-0.25, -0.2) is 4.79 Å². The molecule has 0 saturated heterocycles. The van der Waals surface area contributed by atoms with E-state index in [-0.39, 0.29) is 5.92 Å². The van der Waals surface area contributed by atoms with E-state index in [1.165, 1.54) is 0 Å². The van der Waals surface area contributed by atoms with Crippen molar-refractivity contribution in [2.45, 2.75) is 26.8 Å². The third-order valence-corrected chi connectivity index (χ3v) is 2.39. The molecule has 1 rings (SSSR count). The summed E-state index contributed by atoms with van der Waals surface area (Å²) >= 11 is 0. The van der Waals surface area contributed by atoms with Gasteiger partial charge in [-0.2, -0.15) is 0 Å². The van der Waals surface area contributed by atoms with Crippen molar-refractivity contribution in [2.75, 3.05) is 5.32 Å². The summed E-state index contributed by atoms with van der Waals surface area (Å²) in [5.41, 5.74) is 1.95. The maximum absolute atomic E-state index is 11.0.